The van der Waals surface area contributed by atoms with Crippen LogP contribution in [0.25, 0.3) is 0 Å². The summed E-state index contributed by atoms with van der Waals surface area (Å²) in [5, 5.41) is 0.542. The standard InChI is InChI=1S/C22H30N4OS2.Na/c1-15-20(23-14-18(28)24-15)26-11-9-22(10-12-26)13-16-7-5-6-8-17(16)19(22)25-29(27)21(2,3)4;/h5-8,14,19,25H,9-13H2,1-4H3,(H,24,28);/q;+1/p-1/t19-,29?;/m1./s1. The smallest absolute Gasteiger partial charge is 0.759 e. The average Bonchev–Trinajstić information content (AvgIpc) is 2.95. The van der Waals surface area contributed by atoms with Gasteiger partial charge in [0.05, 0.1) is 11.7 Å². The average molecular weight is 453 g/mol. The van der Waals surface area contributed by atoms with Gasteiger partial charge in [-0.25, -0.2) is 4.98 Å². The van der Waals surface area contributed by atoms with Gasteiger partial charge in [0.1, 0.15) is 10.6 Å². The molecule has 1 aliphatic heterocycles. The fraction of sp³-hybridized carbons (Fsp3) is 0.545. The van der Waals surface area contributed by atoms with Crippen LogP contribution in [0.4, 0.5) is 5.82 Å². The summed E-state index contributed by atoms with van der Waals surface area (Å²) in [6.45, 7) is 9.88. The molecule has 1 aliphatic carbocycles. The van der Waals surface area contributed by atoms with Gasteiger partial charge >= 0.3 is 29.6 Å². The first-order chi connectivity index (χ1) is 13.7. The van der Waals surface area contributed by atoms with Crippen LogP contribution in [0.3, 0.4) is 0 Å². The Kier molecular flexibility index (Phi) is 7.45. The molecule has 1 fully saturated rings. The van der Waals surface area contributed by atoms with Crippen molar-refractivity contribution in [2.24, 2.45) is 5.41 Å². The van der Waals surface area contributed by atoms with E-state index in [9.17, 15) is 4.55 Å². The third kappa shape index (κ3) is 4.68. The van der Waals surface area contributed by atoms with E-state index < -0.39 is 11.4 Å². The maximum atomic E-state index is 13.0. The molecule has 5 nitrogen and oxygen atoms in total. The van der Waals surface area contributed by atoms with Crippen LogP contribution in [-0.4, -0.2) is 32.4 Å². The maximum Gasteiger partial charge on any atom is 1.00 e. The monoisotopic (exact) mass is 452 g/mol. The zero-order valence-electron chi connectivity index (χ0n) is 18.6. The first kappa shape index (κ1) is 24.2. The predicted octanol–water partition coefficient (Wildman–Crippen LogP) is 0.631. The summed E-state index contributed by atoms with van der Waals surface area (Å²) in [5.41, 5.74) is 3.67. The molecule has 0 saturated carbocycles. The van der Waals surface area contributed by atoms with Crippen LogP contribution in [0.1, 0.15) is 56.5 Å². The van der Waals surface area contributed by atoms with Crippen LogP contribution in [-0.2, 0) is 30.4 Å². The first-order valence-corrected chi connectivity index (χ1v) is 11.8. The van der Waals surface area contributed by atoms with E-state index in [1.54, 1.807) is 6.20 Å². The van der Waals surface area contributed by atoms with Gasteiger partial charge < -0.3 is 22.1 Å². The second-order valence-electron chi connectivity index (χ2n) is 9.27. The van der Waals surface area contributed by atoms with Crippen molar-refractivity contribution < 1.29 is 34.1 Å². The second kappa shape index (κ2) is 9.22. The number of piperidine rings is 1. The van der Waals surface area contributed by atoms with Crippen LogP contribution in [0, 0.1) is 12.3 Å². The normalized spacial score (nSPS) is 21.2. The van der Waals surface area contributed by atoms with Gasteiger partial charge in [-0.05, 0) is 58.1 Å². The van der Waals surface area contributed by atoms with Crippen molar-refractivity contribution >= 4 is 29.8 Å². The molecular weight excluding hydrogens is 423 g/mol. The molecule has 1 saturated heterocycles. The van der Waals surface area contributed by atoms with E-state index in [2.05, 4.69) is 43.9 Å². The molecule has 1 aromatic carbocycles. The topological polar surface area (TPSA) is 64.1 Å². The SMILES string of the molecule is Cc1nc([S-])cnc1N1CCC2(CC1)Cc1ccccc1[C@H]2N[S+]([O-])C(C)(C)C.[Na+]. The van der Waals surface area contributed by atoms with Crippen LogP contribution in [0.5, 0.6) is 0 Å². The molecule has 2 aliphatic rings. The molecule has 0 radical (unpaired) electrons. The Morgan fingerprint density at radius 1 is 1.23 bits per heavy atom. The number of benzene rings is 1. The molecule has 1 unspecified atom stereocenters. The molecule has 2 heterocycles. The van der Waals surface area contributed by atoms with Gasteiger partial charge in [-0.3, -0.25) is 4.98 Å². The summed E-state index contributed by atoms with van der Waals surface area (Å²) in [5.74, 6) is 0.937. The molecular formula is C22H29N4NaOS2. The van der Waals surface area contributed by atoms with E-state index in [0.29, 0.717) is 5.03 Å². The number of aromatic nitrogens is 2. The van der Waals surface area contributed by atoms with Crippen LogP contribution in [0.15, 0.2) is 35.5 Å². The predicted molar refractivity (Wildman–Crippen MR) is 120 cm³/mol. The van der Waals surface area contributed by atoms with Crippen molar-refractivity contribution in [2.45, 2.75) is 62.8 Å². The van der Waals surface area contributed by atoms with Gasteiger partial charge in [-0.15, -0.1) is 4.72 Å². The Balaban J connectivity index is 0.00000256. The quantitative estimate of drug-likeness (QED) is 0.419. The zero-order valence-corrected chi connectivity index (χ0v) is 22.2. The molecule has 2 atom stereocenters. The fourth-order valence-corrected chi connectivity index (χ4v) is 5.79. The Morgan fingerprint density at radius 3 is 2.53 bits per heavy atom. The van der Waals surface area contributed by atoms with Crippen LogP contribution >= 0.6 is 0 Å². The van der Waals surface area contributed by atoms with Gasteiger partial charge in [-0.1, -0.05) is 29.3 Å². The van der Waals surface area contributed by atoms with E-state index in [-0.39, 0.29) is 45.8 Å². The number of anilines is 1. The van der Waals surface area contributed by atoms with E-state index in [1.807, 2.05) is 27.7 Å². The maximum absolute atomic E-state index is 13.0. The molecule has 0 bridgehead atoms. The van der Waals surface area contributed by atoms with E-state index in [0.717, 1.165) is 43.9 Å². The third-order valence-corrected chi connectivity index (χ3v) is 8.02. The minimum atomic E-state index is -1.11. The van der Waals surface area contributed by atoms with Gasteiger partial charge in [0.2, 0.25) is 0 Å². The molecule has 30 heavy (non-hydrogen) atoms. The van der Waals surface area contributed by atoms with Gasteiger partial charge in [0.15, 0.2) is 0 Å². The van der Waals surface area contributed by atoms with Crippen LogP contribution in [0.2, 0.25) is 0 Å². The van der Waals surface area contributed by atoms with Crippen molar-refractivity contribution in [3.63, 3.8) is 0 Å². The molecule has 1 spiro atoms. The number of nitrogens with one attached hydrogen (secondary N) is 1. The van der Waals surface area contributed by atoms with Crippen molar-refractivity contribution in [2.75, 3.05) is 18.0 Å². The third-order valence-electron chi connectivity index (χ3n) is 6.26. The van der Waals surface area contributed by atoms with E-state index >= 15 is 0 Å². The molecule has 2 aromatic rings. The molecule has 156 valence electrons. The number of fused-ring (bicyclic) bond motifs is 1. The molecule has 8 heteroatoms. The van der Waals surface area contributed by atoms with Crippen molar-refractivity contribution in [1.29, 1.82) is 0 Å². The Bertz CT molecular complexity index is 897. The summed E-state index contributed by atoms with van der Waals surface area (Å²) in [6.07, 6.45) is 4.75. The number of rotatable bonds is 3. The van der Waals surface area contributed by atoms with E-state index in [1.165, 1.54) is 11.1 Å². The Hall–Kier alpha value is -0.410. The number of hydrogen-bond acceptors (Lipinski definition) is 6. The van der Waals surface area contributed by atoms with Crippen molar-refractivity contribution in [3.05, 3.63) is 47.3 Å². The molecule has 4 rings (SSSR count). The Labute approximate surface area is 210 Å². The summed E-state index contributed by atoms with van der Waals surface area (Å²) in [6, 6.07) is 8.74. The largest absolute Gasteiger partial charge is 1.00 e. The molecule has 1 aromatic heterocycles. The van der Waals surface area contributed by atoms with Gasteiger partial charge in [0, 0.05) is 36.1 Å². The van der Waals surface area contributed by atoms with Crippen LogP contribution < -0.4 is 39.2 Å². The van der Waals surface area contributed by atoms with Crippen molar-refractivity contribution in [1.82, 2.24) is 14.7 Å². The summed E-state index contributed by atoms with van der Waals surface area (Å²) in [7, 11) is 0. The number of nitrogens with zero attached hydrogens (tertiary/aromatic N) is 3. The number of hydrogen-bond donors (Lipinski definition) is 1. The summed E-state index contributed by atoms with van der Waals surface area (Å²) < 4.78 is 16.2. The molecule has 1 N–H and O–H groups in total. The number of aryl methyl sites for hydroxylation is 1. The molecule has 0 amide bonds. The van der Waals surface area contributed by atoms with Gasteiger partial charge in [-0.2, -0.15) is 0 Å². The van der Waals surface area contributed by atoms with Gasteiger partial charge in [0.25, 0.3) is 0 Å². The van der Waals surface area contributed by atoms with Crippen molar-refractivity contribution in [3.8, 4) is 0 Å². The zero-order chi connectivity index (χ0) is 20.8. The second-order valence-corrected chi connectivity index (χ2v) is 11.7. The fourth-order valence-electron chi connectivity index (χ4n) is 4.65. The Morgan fingerprint density at radius 2 is 1.90 bits per heavy atom. The summed E-state index contributed by atoms with van der Waals surface area (Å²) in [4.78, 5) is 11.3. The minimum absolute atomic E-state index is 0. The first-order valence-electron chi connectivity index (χ1n) is 10.2. The minimum Gasteiger partial charge on any atom is -0.759 e. The summed E-state index contributed by atoms with van der Waals surface area (Å²) >= 11 is 4.03. The van der Waals surface area contributed by atoms with E-state index in [4.69, 9.17) is 12.6 Å².